The molecule has 0 fully saturated rings. The predicted octanol–water partition coefficient (Wildman–Crippen LogP) is 2.37. The Morgan fingerprint density at radius 1 is 1.32 bits per heavy atom. The molecule has 5 nitrogen and oxygen atoms in total. The number of carbonyl (C=O) groups is 2. The Morgan fingerprint density at radius 2 is 2.00 bits per heavy atom. The van der Waals surface area contributed by atoms with Crippen molar-refractivity contribution in [2.24, 2.45) is 0 Å². The van der Waals surface area contributed by atoms with Crippen LogP contribution in [-0.4, -0.2) is 30.2 Å². The van der Waals surface area contributed by atoms with E-state index in [0.717, 1.165) is 12.0 Å². The second-order valence-corrected chi connectivity index (χ2v) is 4.37. The van der Waals surface area contributed by atoms with Gasteiger partial charge in [0.15, 0.2) is 0 Å². The van der Waals surface area contributed by atoms with Gasteiger partial charge >= 0.3 is 5.97 Å². The average molecular weight is 265 g/mol. The third-order valence-corrected chi connectivity index (χ3v) is 2.76. The first-order valence-corrected chi connectivity index (χ1v) is 6.17. The molecule has 5 heteroatoms. The van der Waals surface area contributed by atoms with E-state index >= 15 is 0 Å². The molecule has 0 heterocycles. The van der Waals surface area contributed by atoms with Gasteiger partial charge in [-0.2, -0.15) is 0 Å². The van der Waals surface area contributed by atoms with E-state index in [1.165, 1.54) is 6.07 Å². The van der Waals surface area contributed by atoms with E-state index in [0.29, 0.717) is 17.9 Å². The van der Waals surface area contributed by atoms with Crippen LogP contribution in [0.25, 0.3) is 0 Å². The molecule has 0 bridgehead atoms. The summed E-state index contributed by atoms with van der Waals surface area (Å²) in [6, 6.07) is 3.21. The molecule has 0 aromatic heterocycles. The molecule has 0 unspecified atom stereocenters. The number of carbonyl (C=O) groups excluding carboxylic acids is 1. The maximum atomic E-state index is 11.6. The summed E-state index contributed by atoms with van der Waals surface area (Å²) in [4.78, 5) is 22.7. The Balaban J connectivity index is 2.79. The maximum absolute atomic E-state index is 11.6. The average Bonchev–Trinajstić information content (AvgIpc) is 2.33. The Labute approximate surface area is 112 Å². The van der Waals surface area contributed by atoms with Crippen LogP contribution in [0.1, 0.15) is 34.8 Å². The highest BCUT2D eigenvalue weighted by molar-refractivity contribution is 5.95. The molecular formula is C14H19NO4. The molecule has 2 N–H and O–H groups in total. The van der Waals surface area contributed by atoms with Gasteiger partial charge < -0.3 is 15.2 Å². The lowest BCUT2D eigenvalue weighted by Crippen LogP contribution is -2.19. The van der Waals surface area contributed by atoms with Crippen molar-refractivity contribution in [3.63, 3.8) is 0 Å². The molecule has 0 aliphatic rings. The summed E-state index contributed by atoms with van der Waals surface area (Å²) < 4.78 is 5.12. The smallest absolute Gasteiger partial charge is 0.336 e. The molecule has 19 heavy (non-hydrogen) atoms. The predicted molar refractivity (Wildman–Crippen MR) is 72.6 cm³/mol. The topological polar surface area (TPSA) is 75.6 Å². The molecule has 1 aromatic carbocycles. The van der Waals surface area contributed by atoms with Gasteiger partial charge in [-0.05, 0) is 43.5 Å². The number of rotatable bonds is 6. The van der Waals surface area contributed by atoms with Crippen LogP contribution in [0.4, 0.5) is 5.69 Å². The lowest BCUT2D eigenvalue weighted by atomic mass is 10.0. The zero-order valence-corrected chi connectivity index (χ0v) is 11.4. The normalized spacial score (nSPS) is 10.3. The molecule has 0 aliphatic carbocycles. The zero-order chi connectivity index (χ0) is 14.4. The third-order valence-electron chi connectivity index (χ3n) is 2.76. The van der Waals surface area contributed by atoms with Gasteiger partial charge in [-0.3, -0.25) is 4.79 Å². The molecule has 1 aromatic rings. The number of aromatic carboxylic acids is 1. The van der Waals surface area contributed by atoms with Crippen LogP contribution in [0.2, 0.25) is 0 Å². The number of amides is 1. The summed E-state index contributed by atoms with van der Waals surface area (Å²) in [6.07, 6.45) is 0.847. The van der Waals surface area contributed by atoms with Crippen molar-refractivity contribution >= 4 is 17.6 Å². The van der Waals surface area contributed by atoms with Crippen molar-refractivity contribution in [3.05, 3.63) is 28.8 Å². The number of aryl methyl sites for hydroxylation is 1. The van der Waals surface area contributed by atoms with Crippen molar-refractivity contribution in [2.45, 2.75) is 27.2 Å². The van der Waals surface area contributed by atoms with Gasteiger partial charge in [0.1, 0.15) is 6.61 Å². The molecule has 1 amide bonds. The summed E-state index contributed by atoms with van der Waals surface area (Å²) in [7, 11) is 0. The van der Waals surface area contributed by atoms with Crippen LogP contribution in [0.15, 0.2) is 12.1 Å². The second-order valence-electron chi connectivity index (χ2n) is 4.37. The molecule has 0 radical (unpaired) electrons. The van der Waals surface area contributed by atoms with Crippen molar-refractivity contribution in [1.82, 2.24) is 0 Å². The standard InChI is InChI=1S/C14H19NO4/c1-4-5-19-8-13(16)15-11-6-9(2)10(3)12(7-11)14(17)18/h6-7H,4-5,8H2,1-3H3,(H,15,16)(H,17,18). The van der Waals surface area contributed by atoms with Crippen LogP contribution < -0.4 is 5.32 Å². The Kier molecular flexibility index (Phi) is 5.51. The second kappa shape index (κ2) is 6.89. The van der Waals surface area contributed by atoms with Gasteiger partial charge in [0.25, 0.3) is 0 Å². The summed E-state index contributed by atoms with van der Waals surface area (Å²) in [5.74, 6) is -1.29. The van der Waals surface area contributed by atoms with Crippen molar-refractivity contribution in [3.8, 4) is 0 Å². The monoisotopic (exact) mass is 265 g/mol. The van der Waals surface area contributed by atoms with Gasteiger partial charge in [0.2, 0.25) is 5.91 Å². The van der Waals surface area contributed by atoms with Gasteiger partial charge in [0, 0.05) is 12.3 Å². The molecule has 0 aliphatic heterocycles. The number of hydrogen-bond donors (Lipinski definition) is 2. The van der Waals surface area contributed by atoms with Crippen molar-refractivity contribution < 1.29 is 19.4 Å². The Hall–Kier alpha value is -1.88. The SMILES string of the molecule is CCCOCC(=O)Nc1cc(C)c(C)c(C(=O)O)c1. The zero-order valence-electron chi connectivity index (χ0n) is 11.4. The molecular weight excluding hydrogens is 246 g/mol. The number of carboxylic acid groups (broad SMARTS) is 1. The minimum absolute atomic E-state index is 0.0246. The van der Waals surface area contributed by atoms with Gasteiger partial charge in [-0.1, -0.05) is 6.92 Å². The first-order chi connectivity index (χ1) is 8.95. The first kappa shape index (κ1) is 15.2. The Morgan fingerprint density at radius 3 is 2.58 bits per heavy atom. The summed E-state index contributed by atoms with van der Waals surface area (Å²) in [6.45, 7) is 6.02. The first-order valence-electron chi connectivity index (χ1n) is 6.17. The van der Waals surface area contributed by atoms with Gasteiger partial charge in [-0.15, -0.1) is 0 Å². The van der Waals surface area contributed by atoms with Crippen molar-refractivity contribution in [2.75, 3.05) is 18.5 Å². The number of ether oxygens (including phenoxy) is 1. The molecule has 0 atom stereocenters. The lowest BCUT2D eigenvalue weighted by molar-refractivity contribution is -0.120. The van der Waals surface area contributed by atoms with Crippen LogP contribution in [0.5, 0.6) is 0 Å². The van der Waals surface area contributed by atoms with E-state index in [4.69, 9.17) is 9.84 Å². The fourth-order valence-electron chi connectivity index (χ4n) is 1.66. The summed E-state index contributed by atoms with van der Waals surface area (Å²) in [5, 5.41) is 11.7. The molecule has 1 rings (SSSR count). The van der Waals surface area contributed by atoms with Gasteiger partial charge in [0.05, 0.1) is 5.56 Å². The highest BCUT2D eigenvalue weighted by Crippen LogP contribution is 2.20. The van der Waals surface area contributed by atoms with Crippen LogP contribution in [-0.2, 0) is 9.53 Å². The fraction of sp³-hybridized carbons (Fsp3) is 0.429. The van der Waals surface area contributed by atoms with E-state index in [-0.39, 0.29) is 18.1 Å². The van der Waals surface area contributed by atoms with E-state index in [2.05, 4.69) is 5.32 Å². The molecule has 0 saturated carbocycles. The van der Waals surface area contributed by atoms with Gasteiger partial charge in [-0.25, -0.2) is 4.79 Å². The number of benzene rings is 1. The summed E-state index contributed by atoms with van der Waals surface area (Å²) >= 11 is 0. The number of anilines is 1. The third kappa shape index (κ3) is 4.37. The van der Waals surface area contributed by atoms with Crippen LogP contribution in [0.3, 0.4) is 0 Å². The van der Waals surface area contributed by atoms with E-state index in [9.17, 15) is 9.59 Å². The van der Waals surface area contributed by atoms with E-state index in [1.54, 1.807) is 13.0 Å². The lowest BCUT2D eigenvalue weighted by Gasteiger charge is -2.10. The number of nitrogens with one attached hydrogen (secondary N) is 1. The van der Waals surface area contributed by atoms with Crippen molar-refractivity contribution in [1.29, 1.82) is 0 Å². The van der Waals surface area contributed by atoms with E-state index < -0.39 is 5.97 Å². The Bertz CT molecular complexity index is 483. The quantitative estimate of drug-likeness (QED) is 0.774. The number of hydrogen-bond acceptors (Lipinski definition) is 3. The molecule has 0 saturated heterocycles. The van der Waals surface area contributed by atoms with E-state index in [1.807, 2.05) is 13.8 Å². The highest BCUT2D eigenvalue weighted by atomic mass is 16.5. The molecule has 104 valence electrons. The fourth-order valence-corrected chi connectivity index (χ4v) is 1.66. The summed E-state index contributed by atoms with van der Waals surface area (Å²) in [5.41, 5.74) is 2.20. The highest BCUT2D eigenvalue weighted by Gasteiger charge is 2.12. The maximum Gasteiger partial charge on any atom is 0.336 e. The molecule has 0 spiro atoms. The largest absolute Gasteiger partial charge is 0.478 e. The minimum Gasteiger partial charge on any atom is -0.478 e. The minimum atomic E-state index is -1.00. The number of carboxylic acids is 1. The van der Waals surface area contributed by atoms with Crippen LogP contribution >= 0.6 is 0 Å². The van der Waals surface area contributed by atoms with Crippen LogP contribution in [0, 0.1) is 13.8 Å².